The Hall–Kier alpha value is -1.32. The van der Waals surface area contributed by atoms with Gasteiger partial charge in [0.25, 0.3) is 5.68 Å². The number of nitrogens with one attached hydrogen (secondary N) is 1. The van der Waals surface area contributed by atoms with E-state index in [0.717, 1.165) is 19.3 Å². The molecular weight excluding hydrogens is 180 g/mol. The number of carbonyl (C=O) groups is 1. The van der Waals surface area contributed by atoms with E-state index in [-0.39, 0.29) is 18.0 Å². The first-order valence-corrected chi connectivity index (χ1v) is 4.94. The van der Waals surface area contributed by atoms with E-state index in [0.29, 0.717) is 6.42 Å². The molecule has 0 aliphatic carbocycles. The lowest BCUT2D eigenvalue weighted by molar-refractivity contribution is -0.119. The van der Waals surface area contributed by atoms with Crippen molar-refractivity contribution in [3.05, 3.63) is 18.1 Å². The number of unbranched alkanes of at least 4 members (excludes halogenated alkanes) is 2. The van der Waals surface area contributed by atoms with Gasteiger partial charge >= 0.3 is 0 Å². The Morgan fingerprint density at radius 2 is 2.36 bits per heavy atom. The van der Waals surface area contributed by atoms with Crippen molar-refractivity contribution in [2.75, 3.05) is 0 Å². The quantitative estimate of drug-likeness (QED) is 0.704. The van der Waals surface area contributed by atoms with Gasteiger partial charge in [0.2, 0.25) is 0 Å². The lowest BCUT2D eigenvalue weighted by atomic mass is 10.1. The molecule has 78 valence electrons. The Kier molecular flexibility index (Phi) is 4.16. The van der Waals surface area contributed by atoms with Crippen LogP contribution in [0.2, 0.25) is 0 Å². The van der Waals surface area contributed by atoms with Crippen molar-refractivity contribution >= 4 is 5.78 Å². The molecule has 4 nitrogen and oxygen atoms in total. The summed E-state index contributed by atoms with van der Waals surface area (Å²) in [6.45, 7) is 2.37. The molecule has 1 rings (SSSR count). The van der Waals surface area contributed by atoms with Gasteiger partial charge in [0.05, 0.1) is 6.54 Å². The zero-order chi connectivity index (χ0) is 10.4. The summed E-state index contributed by atoms with van der Waals surface area (Å²) in [7, 11) is 0. The van der Waals surface area contributed by atoms with Crippen molar-refractivity contribution in [1.82, 2.24) is 4.57 Å². The van der Waals surface area contributed by atoms with Crippen LogP contribution in [0.3, 0.4) is 0 Å². The summed E-state index contributed by atoms with van der Waals surface area (Å²) in [6, 6.07) is 0. The standard InChI is InChI=1S/C10H16N2O2/c1-2-3-4-5-9(13)8-12-6-7-14-10(12)11/h6-7,11H,2-5,8H2,1H3. The number of aromatic nitrogens is 1. The highest BCUT2D eigenvalue weighted by Gasteiger charge is 2.03. The molecule has 1 heterocycles. The molecule has 0 atom stereocenters. The average molecular weight is 196 g/mol. The zero-order valence-electron chi connectivity index (χ0n) is 8.45. The zero-order valence-corrected chi connectivity index (χ0v) is 8.45. The number of ketones is 1. The molecule has 0 fully saturated rings. The largest absolute Gasteiger partial charge is 0.432 e. The highest BCUT2D eigenvalue weighted by molar-refractivity contribution is 5.78. The number of oxazole rings is 1. The molecule has 0 unspecified atom stereocenters. The van der Waals surface area contributed by atoms with Crippen LogP contribution in [-0.4, -0.2) is 10.4 Å². The molecule has 14 heavy (non-hydrogen) atoms. The fraction of sp³-hybridized carbons (Fsp3) is 0.600. The van der Waals surface area contributed by atoms with E-state index < -0.39 is 0 Å². The smallest absolute Gasteiger partial charge is 0.294 e. The van der Waals surface area contributed by atoms with Gasteiger partial charge in [-0.2, -0.15) is 0 Å². The predicted molar refractivity (Wildman–Crippen MR) is 51.7 cm³/mol. The fourth-order valence-corrected chi connectivity index (χ4v) is 1.27. The first kappa shape index (κ1) is 10.8. The van der Waals surface area contributed by atoms with Gasteiger partial charge in [-0.1, -0.05) is 19.8 Å². The molecular formula is C10H16N2O2. The predicted octanol–water partition coefficient (Wildman–Crippen LogP) is 1.71. The van der Waals surface area contributed by atoms with Gasteiger partial charge in [0.15, 0.2) is 5.78 Å². The van der Waals surface area contributed by atoms with E-state index in [4.69, 9.17) is 9.83 Å². The molecule has 4 heteroatoms. The number of rotatable bonds is 6. The van der Waals surface area contributed by atoms with E-state index in [1.54, 1.807) is 6.20 Å². The van der Waals surface area contributed by atoms with E-state index >= 15 is 0 Å². The van der Waals surface area contributed by atoms with Crippen molar-refractivity contribution in [3.63, 3.8) is 0 Å². The maximum absolute atomic E-state index is 11.4. The number of hydrogen-bond donors (Lipinski definition) is 1. The van der Waals surface area contributed by atoms with Crippen molar-refractivity contribution < 1.29 is 9.21 Å². The van der Waals surface area contributed by atoms with Gasteiger partial charge in [-0.3, -0.25) is 14.8 Å². The Bertz CT molecular complexity index is 338. The SMILES string of the molecule is CCCCCC(=O)Cn1ccoc1=N. The van der Waals surface area contributed by atoms with Crippen LogP contribution in [0.5, 0.6) is 0 Å². The summed E-state index contributed by atoms with van der Waals surface area (Å²) in [5, 5.41) is 7.30. The van der Waals surface area contributed by atoms with E-state index in [1.807, 2.05) is 0 Å². The maximum atomic E-state index is 11.4. The van der Waals surface area contributed by atoms with Crippen LogP contribution >= 0.6 is 0 Å². The Labute approximate surface area is 83.1 Å². The van der Waals surface area contributed by atoms with Crippen LogP contribution in [0.15, 0.2) is 16.9 Å². The van der Waals surface area contributed by atoms with Crippen LogP contribution in [0, 0.1) is 5.41 Å². The van der Waals surface area contributed by atoms with Crippen molar-refractivity contribution in [2.45, 2.75) is 39.2 Å². The summed E-state index contributed by atoms with van der Waals surface area (Å²) >= 11 is 0. The van der Waals surface area contributed by atoms with Gasteiger partial charge < -0.3 is 4.42 Å². The second-order valence-electron chi connectivity index (χ2n) is 3.33. The highest BCUT2D eigenvalue weighted by atomic mass is 16.3. The van der Waals surface area contributed by atoms with Crippen molar-refractivity contribution in [2.24, 2.45) is 0 Å². The fourth-order valence-electron chi connectivity index (χ4n) is 1.27. The maximum Gasteiger partial charge on any atom is 0.294 e. The molecule has 0 amide bonds. The van der Waals surface area contributed by atoms with Crippen LogP contribution in [0.1, 0.15) is 32.6 Å². The van der Waals surface area contributed by atoms with E-state index in [1.165, 1.54) is 10.8 Å². The van der Waals surface area contributed by atoms with Gasteiger partial charge in [-0.15, -0.1) is 0 Å². The average Bonchev–Trinajstić information content (AvgIpc) is 2.52. The van der Waals surface area contributed by atoms with Crippen LogP contribution < -0.4 is 5.68 Å². The molecule has 0 saturated carbocycles. The van der Waals surface area contributed by atoms with Crippen LogP contribution in [0.25, 0.3) is 0 Å². The lowest BCUT2D eigenvalue weighted by Gasteiger charge is -2.00. The molecule has 1 aromatic rings. The second kappa shape index (κ2) is 5.42. The normalized spacial score (nSPS) is 10.4. The minimum Gasteiger partial charge on any atom is -0.432 e. The molecule has 1 aromatic heterocycles. The molecule has 0 saturated heterocycles. The number of nitrogens with zero attached hydrogens (tertiary/aromatic N) is 1. The third-order valence-corrected chi connectivity index (χ3v) is 2.09. The molecule has 0 aliphatic rings. The number of hydrogen-bond acceptors (Lipinski definition) is 3. The van der Waals surface area contributed by atoms with Gasteiger partial charge in [-0.25, -0.2) is 0 Å². The molecule has 0 aromatic carbocycles. The molecule has 0 radical (unpaired) electrons. The summed E-state index contributed by atoms with van der Waals surface area (Å²) in [5.41, 5.74) is 0.0360. The van der Waals surface area contributed by atoms with E-state index in [9.17, 15) is 4.79 Å². The minimum atomic E-state index is 0.0360. The second-order valence-corrected chi connectivity index (χ2v) is 3.33. The lowest BCUT2D eigenvalue weighted by Crippen LogP contribution is -2.19. The number of Topliss-reactive ketones (excluding diaryl/α,β-unsaturated/α-hetero) is 1. The van der Waals surface area contributed by atoms with Gasteiger partial charge in [0, 0.05) is 12.6 Å². The van der Waals surface area contributed by atoms with E-state index in [2.05, 4.69) is 6.92 Å². The first-order chi connectivity index (χ1) is 6.74. The summed E-state index contributed by atoms with van der Waals surface area (Å²) < 4.78 is 6.28. The van der Waals surface area contributed by atoms with Crippen LogP contribution in [0.4, 0.5) is 0 Å². The van der Waals surface area contributed by atoms with Crippen LogP contribution in [-0.2, 0) is 11.3 Å². The first-order valence-electron chi connectivity index (χ1n) is 4.94. The Morgan fingerprint density at radius 3 is 2.93 bits per heavy atom. The third kappa shape index (κ3) is 3.20. The third-order valence-electron chi connectivity index (χ3n) is 2.09. The van der Waals surface area contributed by atoms with Gasteiger partial charge in [0.1, 0.15) is 6.26 Å². The summed E-state index contributed by atoms with van der Waals surface area (Å²) in [5.74, 6) is 0.165. The summed E-state index contributed by atoms with van der Waals surface area (Å²) in [6.07, 6.45) is 6.79. The topological polar surface area (TPSA) is 59.0 Å². The molecule has 0 aliphatic heterocycles. The Balaban J connectivity index is 2.34. The minimum absolute atomic E-state index is 0.0360. The molecule has 0 bridgehead atoms. The monoisotopic (exact) mass is 196 g/mol. The van der Waals surface area contributed by atoms with Crippen molar-refractivity contribution in [1.29, 1.82) is 5.41 Å². The number of carbonyl (C=O) groups excluding carboxylic acids is 1. The summed E-state index contributed by atoms with van der Waals surface area (Å²) in [4.78, 5) is 11.4. The highest BCUT2D eigenvalue weighted by Crippen LogP contribution is 2.00. The molecule has 1 N–H and O–H groups in total. The Morgan fingerprint density at radius 1 is 1.57 bits per heavy atom. The van der Waals surface area contributed by atoms with Crippen molar-refractivity contribution in [3.8, 4) is 0 Å². The van der Waals surface area contributed by atoms with Gasteiger partial charge in [-0.05, 0) is 6.42 Å². The molecule has 0 spiro atoms.